The molecule has 0 saturated heterocycles. The Morgan fingerprint density at radius 2 is 1.71 bits per heavy atom. The van der Waals surface area contributed by atoms with Crippen LogP contribution in [0.3, 0.4) is 0 Å². The first-order valence-corrected chi connectivity index (χ1v) is 10.9. The van der Waals surface area contributed by atoms with Crippen molar-refractivity contribution in [2.75, 3.05) is 17.7 Å². The normalized spacial score (nSPS) is 14.7. The molecule has 2 aromatic carbocycles. The number of benzene rings is 2. The molecule has 0 unspecified atom stereocenters. The quantitative estimate of drug-likeness (QED) is 0.499. The fourth-order valence-corrected chi connectivity index (χ4v) is 3.58. The number of anilines is 2. The molecule has 1 fully saturated rings. The van der Waals surface area contributed by atoms with Gasteiger partial charge in [0, 0.05) is 5.69 Å². The molecule has 0 aliphatic heterocycles. The number of carbonyl (C=O) groups is 2. The predicted octanol–water partition coefficient (Wildman–Crippen LogP) is 5.07. The Morgan fingerprint density at radius 3 is 2.35 bits per heavy atom. The maximum atomic E-state index is 12.5. The fourth-order valence-electron chi connectivity index (χ4n) is 3.58. The molecule has 3 N–H and O–H groups in total. The molecule has 0 bridgehead atoms. The van der Waals surface area contributed by atoms with Crippen LogP contribution in [0.5, 0.6) is 5.75 Å². The third-order valence-electron chi connectivity index (χ3n) is 5.47. The summed E-state index contributed by atoms with van der Waals surface area (Å²) in [6, 6.07) is 12.5. The van der Waals surface area contributed by atoms with E-state index in [-0.39, 0.29) is 35.8 Å². The number of carbonyl (C=O) groups excluding carboxylic acids is 2. The van der Waals surface area contributed by atoms with Gasteiger partial charge in [-0.15, -0.1) is 0 Å². The maximum Gasteiger partial charge on any atom is 0.338 e. The number of ether oxygens (including phenoxy) is 2. The SMILES string of the molecule is CC(C)(C)c1ccc(NC(=O)COc2cc(C(=O)OC3CCCCC3)ccc2N)cc1. The number of nitrogens with one attached hydrogen (secondary N) is 1. The molecule has 1 saturated carbocycles. The van der Waals surface area contributed by atoms with E-state index in [4.69, 9.17) is 15.2 Å². The van der Waals surface area contributed by atoms with Crippen molar-refractivity contribution < 1.29 is 19.1 Å². The zero-order valence-corrected chi connectivity index (χ0v) is 18.6. The lowest BCUT2D eigenvalue weighted by Crippen LogP contribution is -2.22. The zero-order chi connectivity index (χ0) is 22.4. The number of hydrogen-bond acceptors (Lipinski definition) is 5. The lowest BCUT2D eigenvalue weighted by atomic mass is 9.87. The first-order valence-electron chi connectivity index (χ1n) is 10.9. The number of amides is 1. The van der Waals surface area contributed by atoms with E-state index in [2.05, 4.69) is 26.1 Å². The highest BCUT2D eigenvalue weighted by Gasteiger charge is 2.20. The molecule has 1 aliphatic rings. The molecular formula is C25H32N2O4. The first-order chi connectivity index (χ1) is 14.7. The van der Waals surface area contributed by atoms with Gasteiger partial charge in [-0.2, -0.15) is 0 Å². The number of nitrogen functional groups attached to an aromatic ring is 1. The monoisotopic (exact) mass is 424 g/mol. The molecule has 0 radical (unpaired) electrons. The average Bonchev–Trinajstić information content (AvgIpc) is 2.73. The fraction of sp³-hybridized carbons (Fsp3) is 0.440. The van der Waals surface area contributed by atoms with Crippen molar-refractivity contribution >= 4 is 23.3 Å². The number of hydrogen-bond donors (Lipinski definition) is 2. The summed E-state index contributed by atoms with van der Waals surface area (Å²) in [7, 11) is 0. The van der Waals surface area contributed by atoms with Gasteiger partial charge in [-0.1, -0.05) is 39.3 Å². The molecule has 3 rings (SSSR count). The van der Waals surface area contributed by atoms with Gasteiger partial charge in [0.25, 0.3) is 5.91 Å². The van der Waals surface area contributed by atoms with Crippen molar-refractivity contribution in [2.45, 2.75) is 64.4 Å². The molecular weight excluding hydrogens is 392 g/mol. The predicted molar refractivity (Wildman–Crippen MR) is 122 cm³/mol. The van der Waals surface area contributed by atoms with Crippen LogP contribution in [0, 0.1) is 0 Å². The molecule has 0 aromatic heterocycles. The van der Waals surface area contributed by atoms with Crippen LogP contribution in [-0.2, 0) is 14.9 Å². The molecule has 1 aliphatic carbocycles. The van der Waals surface area contributed by atoms with Crippen LogP contribution in [0.1, 0.15) is 68.8 Å². The molecule has 2 aromatic rings. The number of rotatable bonds is 6. The van der Waals surface area contributed by atoms with Crippen LogP contribution in [0.15, 0.2) is 42.5 Å². The van der Waals surface area contributed by atoms with Gasteiger partial charge in [-0.25, -0.2) is 4.79 Å². The van der Waals surface area contributed by atoms with Gasteiger partial charge in [-0.05, 0) is 67.0 Å². The molecule has 0 atom stereocenters. The average molecular weight is 425 g/mol. The van der Waals surface area contributed by atoms with Gasteiger partial charge >= 0.3 is 5.97 Å². The van der Waals surface area contributed by atoms with Crippen LogP contribution in [0.25, 0.3) is 0 Å². The summed E-state index contributed by atoms with van der Waals surface area (Å²) in [6.07, 6.45) is 5.14. The minimum atomic E-state index is -0.389. The Hall–Kier alpha value is -3.02. The van der Waals surface area contributed by atoms with Gasteiger partial charge in [0.1, 0.15) is 11.9 Å². The van der Waals surface area contributed by atoms with Gasteiger partial charge in [0.05, 0.1) is 11.3 Å². The van der Waals surface area contributed by atoms with Crippen molar-refractivity contribution in [2.24, 2.45) is 0 Å². The summed E-state index contributed by atoms with van der Waals surface area (Å²) in [4.78, 5) is 24.7. The first kappa shape index (κ1) is 22.7. The Morgan fingerprint density at radius 1 is 1.03 bits per heavy atom. The highest BCUT2D eigenvalue weighted by Crippen LogP contribution is 2.26. The number of esters is 1. The standard InChI is InChI=1S/C25H32N2O4/c1-25(2,3)18-10-12-19(13-11-18)27-23(28)16-30-22-15-17(9-14-21(22)26)24(29)31-20-7-5-4-6-8-20/h9-15,20H,4-8,16,26H2,1-3H3,(H,27,28). The highest BCUT2D eigenvalue weighted by atomic mass is 16.5. The van der Waals surface area contributed by atoms with E-state index >= 15 is 0 Å². The minimum Gasteiger partial charge on any atom is -0.482 e. The third-order valence-corrected chi connectivity index (χ3v) is 5.47. The van der Waals surface area contributed by atoms with Gasteiger partial charge in [0.2, 0.25) is 0 Å². The molecule has 166 valence electrons. The van der Waals surface area contributed by atoms with Crippen LogP contribution in [-0.4, -0.2) is 24.6 Å². The van der Waals surface area contributed by atoms with E-state index < -0.39 is 0 Å². The zero-order valence-electron chi connectivity index (χ0n) is 18.6. The van der Waals surface area contributed by atoms with Crippen molar-refractivity contribution in [1.82, 2.24) is 0 Å². The molecule has 0 heterocycles. The summed E-state index contributed by atoms with van der Waals surface area (Å²) < 4.78 is 11.2. The van der Waals surface area contributed by atoms with E-state index in [9.17, 15) is 9.59 Å². The maximum absolute atomic E-state index is 12.5. The summed E-state index contributed by atoms with van der Waals surface area (Å²) in [5.74, 6) is -0.408. The Bertz CT molecular complexity index is 910. The molecule has 0 spiro atoms. The lowest BCUT2D eigenvalue weighted by Gasteiger charge is -2.22. The van der Waals surface area contributed by atoms with Crippen molar-refractivity contribution in [1.29, 1.82) is 0 Å². The van der Waals surface area contributed by atoms with E-state index in [1.54, 1.807) is 12.1 Å². The third kappa shape index (κ3) is 6.48. The molecule has 6 heteroatoms. The Balaban J connectivity index is 1.56. The summed E-state index contributed by atoms with van der Waals surface area (Å²) in [5.41, 5.74) is 8.62. The second-order valence-electron chi connectivity index (χ2n) is 9.08. The summed E-state index contributed by atoms with van der Waals surface area (Å²) >= 11 is 0. The van der Waals surface area contributed by atoms with Gasteiger partial charge in [-0.3, -0.25) is 4.79 Å². The summed E-state index contributed by atoms with van der Waals surface area (Å²) in [6.45, 7) is 6.19. The second kappa shape index (κ2) is 9.86. The second-order valence-corrected chi connectivity index (χ2v) is 9.08. The van der Waals surface area contributed by atoms with Crippen LogP contribution < -0.4 is 15.8 Å². The highest BCUT2D eigenvalue weighted by molar-refractivity contribution is 5.92. The molecule has 6 nitrogen and oxygen atoms in total. The van der Waals surface area contributed by atoms with Crippen LogP contribution in [0.4, 0.5) is 11.4 Å². The molecule has 1 amide bonds. The topological polar surface area (TPSA) is 90.6 Å². The van der Waals surface area contributed by atoms with E-state index in [1.807, 2.05) is 24.3 Å². The van der Waals surface area contributed by atoms with Crippen LogP contribution >= 0.6 is 0 Å². The van der Waals surface area contributed by atoms with Crippen molar-refractivity contribution in [3.63, 3.8) is 0 Å². The molecule has 31 heavy (non-hydrogen) atoms. The van der Waals surface area contributed by atoms with Crippen molar-refractivity contribution in [3.05, 3.63) is 53.6 Å². The largest absolute Gasteiger partial charge is 0.482 e. The van der Waals surface area contributed by atoms with E-state index in [0.717, 1.165) is 25.7 Å². The Kier molecular flexibility index (Phi) is 7.21. The van der Waals surface area contributed by atoms with E-state index in [1.165, 1.54) is 18.1 Å². The van der Waals surface area contributed by atoms with Gasteiger partial charge in [0.15, 0.2) is 6.61 Å². The smallest absolute Gasteiger partial charge is 0.338 e. The number of nitrogens with two attached hydrogens (primary N) is 1. The Labute approximate surface area is 184 Å². The summed E-state index contributed by atoms with van der Waals surface area (Å²) in [5, 5.41) is 2.81. The van der Waals surface area contributed by atoms with Gasteiger partial charge < -0.3 is 20.5 Å². The minimum absolute atomic E-state index is 0.0291. The van der Waals surface area contributed by atoms with Crippen molar-refractivity contribution in [3.8, 4) is 5.75 Å². The van der Waals surface area contributed by atoms with Crippen LogP contribution in [0.2, 0.25) is 0 Å². The lowest BCUT2D eigenvalue weighted by molar-refractivity contribution is -0.118. The van der Waals surface area contributed by atoms with E-state index in [0.29, 0.717) is 16.9 Å².